The third-order valence-electron chi connectivity index (χ3n) is 11.6. The Morgan fingerprint density at radius 1 is 0.934 bits per heavy atom. The number of carbonyl (C=O) groups is 2. The van der Waals surface area contributed by atoms with Crippen LogP contribution in [-0.4, -0.2) is 64.4 Å². The Bertz CT molecular complexity index is 2990. The van der Waals surface area contributed by atoms with Crippen LogP contribution in [0.1, 0.15) is 35.2 Å². The number of phenols is 1. The molecule has 4 atom stereocenters. The molecule has 0 bridgehead atoms. The summed E-state index contributed by atoms with van der Waals surface area (Å²) in [6, 6.07) is 5.93. The number of anilines is 1. The Morgan fingerprint density at radius 2 is 1.57 bits per heavy atom. The number of methoxy groups -OCH3 is 2. The molecule has 0 spiro atoms. The van der Waals surface area contributed by atoms with E-state index < -0.39 is 104 Å². The van der Waals surface area contributed by atoms with Crippen LogP contribution in [-0.2, 0) is 42.6 Å². The number of aromatic hydroxyl groups is 1. The fourth-order valence-electron chi connectivity index (χ4n) is 8.67. The molecule has 2 aromatic heterocycles. The van der Waals surface area contributed by atoms with Crippen LogP contribution in [0.2, 0.25) is 0 Å². The third kappa shape index (κ3) is 5.58. The smallest absolute Gasteiger partial charge is 0.347 e. The first-order valence-corrected chi connectivity index (χ1v) is 19.1. The topological polar surface area (TPSA) is 160 Å². The van der Waals surface area contributed by atoms with Crippen molar-refractivity contribution in [2.75, 3.05) is 19.1 Å². The van der Waals surface area contributed by atoms with Gasteiger partial charge in [-0.3, -0.25) is 14.4 Å². The number of nitrogens with zero attached hydrogens (tertiary/aromatic N) is 6. The highest BCUT2D eigenvalue weighted by Gasteiger charge is 2.76. The van der Waals surface area contributed by atoms with E-state index >= 15 is 8.78 Å². The number of fused-ring (bicyclic) bond motifs is 5. The predicted octanol–water partition coefficient (Wildman–Crippen LogP) is 4.65. The van der Waals surface area contributed by atoms with Gasteiger partial charge in [0.1, 0.15) is 17.1 Å². The molecular formula is C40H31Cl2F5N6O8. The fraction of sp³-hybridized carbons (Fsp3) is 0.300. The molecule has 2 fully saturated rings. The van der Waals surface area contributed by atoms with Crippen molar-refractivity contribution >= 4 is 51.7 Å². The summed E-state index contributed by atoms with van der Waals surface area (Å²) in [6.45, 7) is 2.91. The molecule has 1 saturated carbocycles. The molecule has 8 rings (SSSR count). The molecule has 2 aliphatic heterocycles. The highest BCUT2D eigenvalue weighted by molar-refractivity contribution is 6.58. The standard InChI is InChI=1S/C40H31Cl2F5N6O8/c1-5-7-17-8-6-9-19(33(17)54)26-18-10-13-51-37(58)50(12-11-20-34(55)49(2)22-15-25(61-4)24(60-3)14-21(22)48-20)38(59)53(51)23(18)16-39(41)35(56)52(36(57)40(26,39)42)32-30(46)28(44)27(43)29(45)31(32)47/h5-6,8-10,14-15,23,26,54H,1,7,11-13,16H2,2-4H3/t23-,26-,39-,40+/m1/s1. The summed E-state index contributed by atoms with van der Waals surface area (Å²) in [5.74, 6) is -17.5. The normalized spacial score (nSPS) is 21.9. The van der Waals surface area contributed by atoms with Crippen LogP contribution in [0.15, 0.2) is 69.0 Å². The lowest BCUT2D eigenvalue weighted by Crippen LogP contribution is -2.59. The highest BCUT2D eigenvalue weighted by atomic mass is 35.5. The Balaban J connectivity index is 1.27. The minimum Gasteiger partial charge on any atom is -0.507 e. The fourth-order valence-corrected chi connectivity index (χ4v) is 9.57. The number of benzene rings is 3. The Kier molecular flexibility index (Phi) is 9.85. The maximum Gasteiger partial charge on any atom is 0.347 e. The monoisotopic (exact) mass is 888 g/mol. The molecule has 14 nitrogen and oxygen atoms in total. The highest BCUT2D eigenvalue weighted by Crippen LogP contribution is 2.65. The van der Waals surface area contributed by atoms with E-state index in [0.29, 0.717) is 22.5 Å². The van der Waals surface area contributed by atoms with E-state index in [4.69, 9.17) is 32.7 Å². The second-order valence-corrected chi connectivity index (χ2v) is 15.8. The van der Waals surface area contributed by atoms with Crippen LogP contribution in [0.3, 0.4) is 0 Å². The number of allylic oxidation sites excluding steroid dienone is 3. The minimum absolute atomic E-state index is 0.0240. The SMILES string of the molecule is C=CCc1cccc([C@H]2C3=CCn4c(=O)n(CCc5nc6cc(OC)c(OC)cc6n(C)c5=O)c(=O)n4[C@@H]3C[C@@]3(Cl)C(=O)N(c4c(F)c(F)c(F)c(F)c4F)C(=O)[C@@]23Cl)c1O. The van der Waals surface area contributed by atoms with Gasteiger partial charge in [0.05, 0.1) is 37.8 Å². The number of aromatic nitrogens is 5. The van der Waals surface area contributed by atoms with Gasteiger partial charge in [0.25, 0.3) is 17.4 Å². The number of phenolic OH excluding ortho intramolecular Hbond substituents is 1. The van der Waals surface area contributed by atoms with Gasteiger partial charge in [-0.25, -0.2) is 55.4 Å². The maximum atomic E-state index is 15.4. The second-order valence-electron chi connectivity index (χ2n) is 14.6. The van der Waals surface area contributed by atoms with E-state index in [-0.39, 0.29) is 46.7 Å². The Hall–Kier alpha value is -6.21. The Labute approximate surface area is 349 Å². The number of para-hydroxylation sites is 1. The molecule has 3 aliphatic rings. The number of alkyl halides is 2. The second kappa shape index (κ2) is 14.5. The molecule has 0 radical (unpaired) electrons. The number of halogens is 7. The molecular weight excluding hydrogens is 858 g/mol. The van der Waals surface area contributed by atoms with Gasteiger partial charge in [-0.15, -0.1) is 29.8 Å². The average molecular weight is 890 g/mol. The van der Waals surface area contributed by atoms with Crippen molar-refractivity contribution in [2.24, 2.45) is 7.05 Å². The van der Waals surface area contributed by atoms with Gasteiger partial charge in [-0.2, -0.15) is 0 Å². The van der Waals surface area contributed by atoms with Gasteiger partial charge >= 0.3 is 11.4 Å². The van der Waals surface area contributed by atoms with Gasteiger partial charge in [-0.1, -0.05) is 30.4 Å². The van der Waals surface area contributed by atoms with E-state index in [9.17, 15) is 42.3 Å². The maximum absolute atomic E-state index is 15.4. The summed E-state index contributed by atoms with van der Waals surface area (Å²) >= 11 is 14.3. The summed E-state index contributed by atoms with van der Waals surface area (Å²) in [4.78, 5) is 69.3. The summed E-state index contributed by atoms with van der Waals surface area (Å²) in [5, 5.41) is 11.6. The number of carbonyl (C=O) groups excluding carboxylic acids is 2. The molecule has 318 valence electrons. The van der Waals surface area contributed by atoms with Crippen LogP contribution in [0.5, 0.6) is 17.2 Å². The van der Waals surface area contributed by atoms with Crippen LogP contribution in [0.25, 0.3) is 11.0 Å². The first-order valence-electron chi connectivity index (χ1n) is 18.3. The van der Waals surface area contributed by atoms with Crippen molar-refractivity contribution in [1.82, 2.24) is 23.5 Å². The zero-order valence-electron chi connectivity index (χ0n) is 32.1. The molecule has 1 N–H and O–H groups in total. The largest absolute Gasteiger partial charge is 0.507 e. The molecule has 1 saturated heterocycles. The molecule has 61 heavy (non-hydrogen) atoms. The number of hydrogen-bond acceptors (Lipinski definition) is 9. The van der Waals surface area contributed by atoms with Crippen molar-refractivity contribution in [1.29, 1.82) is 0 Å². The zero-order chi connectivity index (χ0) is 44.2. The molecule has 3 aromatic carbocycles. The number of amides is 2. The van der Waals surface area contributed by atoms with E-state index in [2.05, 4.69) is 11.6 Å². The van der Waals surface area contributed by atoms with Crippen LogP contribution in [0, 0.1) is 29.1 Å². The first kappa shape index (κ1) is 41.5. The lowest BCUT2D eigenvalue weighted by Gasteiger charge is -2.49. The van der Waals surface area contributed by atoms with E-state index in [0.717, 1.165) is 13.9 Å². The lowest BCUT2D eigenvalue weighted by atomic mass is 9.64. The number of rotatable bonds is 9. The van der Waals surface area contributed by atoms with Crippen molar-refractivity contribution < 1.29 is 46.1 Å². The molecule has 1 aliphatic carbocycles. The molecule has 2 amide bonds. The number of ether oxygens (including phenoxy) is 2. The van der Waals surface area contributed by atoms with Crippen molar-refractivity contribution in [3.05, 3.63) is 132 Å². The molecule has 0 unspecified atom stereocenters. The van der Waals surface area contributed by atoms with Crippen molar-refractivity contribution in [3.8, 4) is 17.2 Å². The van der Waals surface area contributed by atoms with Crippen LogP contribution >= 0.6 is 23.2 Å². The summed E-state index contributed by atoms with van der Waals surface area (Å²) < 4.78 is 88.9. The summed E-state index contributed by atoms with van der Waals surface area (Å²) in [7, 11) is 4.34. The van der Waals surface area contributed by atoms with Gasteiger partial charge in [0.15, 0.2) is 44.5 Å². The lowest BCUT2D eigenvalue weighted by molar-refractivity contribution is -0.122. The molecule has 21 heteroatoms. The predicted molar refractivity (Wildman–Crippen MR) is 209 cm³/mol. The van der Waals surface area contributed by atoms with E-state index in [1.165, 1.54) is 56.2 Å². The zero-order valence-corrected chi connectivity index (χ0v) is 33.6. The van der Waals surface area contributed by atoms with Crippen molar-refractivity contribution in [2.45, 2.75) is 54.1 Å². The van der Waals surface area contributed by atoms with E-state index in [1.807, 2.05) is 0 Å². The Morgan fingerprint density at radius 3 is 2.21 bits per heavy atom. The van der Waals surface area contributed by atoms with Crippen LogP contribution in [0.4, 0.5) is 27.6 Å². The third-order valence-corrected chi connectivity index (χ3v) is 13.0. The van der Waals surface area contributed by atoms with Gasteiger partial charge in [-0.05, 0) is 17.6 Å². The summed E-state index contributed by atoms with van der Waals surface area (Å²) in [6.07, 6.45) is 1.84. The van der Waals surface area contributed by atoms with E-state index in [1.54, 1.807) is 12.1 Å². The van der Waals surface area contributed by atoms with Gasteiger partial charge in [0, 0.05) is 50.0 Å². The molecule has 4 heterocycles. The minimum atomic E-state index is -2.86. The number of hydrogen-bond donors (Lipinski definition) is 1. The average Bonchev–Trinajstić information content (AvgIpc) is 3.57. The summed E-state index contributed by atoms with van der Waals surface area (Å²) in [5.41, 5.74) is -3.49. The molecule has 5 aromatic rings. The van der Waals surface area contributed by atoms with Gasteiger partial charge < -0.3 is 19.1 Å². The quantitative estimate of drug-likeness (QED) is 0.0556. The van der Waals surface area contributed by atoms with Crippen LogP contribution < -0.4 is 31.3 Å². The number of imide groups is 1. The number of aryl methyl sites for hydroxylation is 2. The first-order chi connectivity index (χ1) is 28.9. The van der Waals surface area contributed by atoms with Gasteiger partial charge in [0.2, 0.25) is 5.82 Å². The van der Waals surface area contributed by atoms with Crippen molar-refractivity contribution in [3.63, 3.8) is 0 Å².